The number of ether oxygens (including phenoxy) is 1. The Balaban J connectivity index is 2.59. The van der Waals surface area contributed by atoms with Gasteiger partial charge in [-0.25, -0.2) is 0 Å². The van der Waals surface area contributed by atoms with Gasteiger partial charge < -0.3 is 21.5 Å². The second-order valence-electron chi connectivity index (χ2n) is 4.51. The molecule has 20 heavy (non-hydrogen) atoms. The van der Waals surface area contributed by atoms with Crippen LogP contribution in [0.15, 0.2) is 24.3 Å². The molecule has 0 aliphatic rings. The van der Waals surface area contributed by atoms with Crippen LogP contribution in [0, 0.1) is 0 Å². The maximum absolute atomic E-state index is 11.8. The third kappa shape index (κ3) is 4.89. The Morgan fingerprint density at radius 1 is 1.30 bits per heavy atom. The van der Waals surface area contributed by atoms with E-state index in [1.165, 1.54) is 0 Å². The lowest BCUT2D eigenvalue weighted by atomic mass is 10.1. The van der Waals surface area contributed by atoms with E-state index in [1.807, 2.05) is 38.1 Å². The van der Waals surface area contributed by atoms with Crippen LogP contribution in [0.25, 0.3) is 0 Å². The number of carbonyl (C=O) groups excluding carboxylic acids is 2. The lowest BCUT2D eigenvalue weighted by molar-refractivity contribution is -0.126. The fourth-order valence-electron chi connectivity index (χ4n) is 1.73. The third-order valence-electron chi connectivity index (χ3n) is 2.81. The third-order valence-corrected chi connectivity index (χ3v) is 2.81. The highest BCUT2D eigenvalue weighted by Crippen LogP contribution is 2.17. The molecule has 0 aromatic heterocycles. The van der Waals surface area contributed by atoms with Gasteiger partial charge in [0.1, 0.15) is 5.75 Å². The number of rotatable bonds is 7. The van der Waals surface area contributed by atoms with Gasteiger partial charge in [0.25, 0.3) is 0 Å². The van der Waals surface area contributed by atoms with Gasteiger partial charge in [0.2, 0.25) is 11.8 Å². The lowest BCUT2D eigenvalue weighted by Gasteiger charge is -2.17. The smallest absolute Gasteiger partial charge is 0.237 e. The number of amides is 2. The van der Waals surface area contributed by atoms with Crippen LogP contribution in [-0.2, 0) is 9.59 Å². The zero-order valence-corrected chi connectivity index (χ0v) is 11.8. The first-order valence-corrected chi connectivity index (χ1v) is 6.51. The van der Waals surface area contributed by atoms with Crippen molar-refractivity contribution in [1.29, 1.82) is 0 Å². The van der Waals surface area contributed by atoms with E-state index in [4.69, 9.17) is 16.2 Å². The Bertz CT molecular complexity index is 459. The molecule has 1 aromatic carbocycles. The van der Waals surface area contributed by atoms with Crippen LogP contribution in [0.1, 0.15) is 31.9 Å². The normalized spacial score (nSPS) is 13.3. The maximum Gasteiger partial charge on any atom is 0.237 e. The summed E-state index contributed by atoms with van der Waals surface area (Å²) in [6.45, 7) is 4.36. The van der Waals surface area contributed by atoms with Crippen molar-refractivity contribution in [3.8, 4) is 5.75 Å². The first-order chi connectivity index (χ1) is 9.43. The fraction of sp³-hybridized carbons (Fsp3) is 0.429. The molecule has 0 radical (unpaired) electrons. The molecule has 5 N–H and O–H groups in total. The van der Waals surface area contributed by atoms with Crippen molar-refractivity contribution >= 4 is 11.8 Å². The minimum atomic E-state index is -0.919. The molecule has 2 atom stereocenters. The molecule has 2 unspecified atom stereocenters. The number of carbonyl (C=O) groups is 2. The van der Waals surface area contributed by atoms with Gasteiger partial charge in [-0.05, 0) is 31.5 Å². The summed E-state index contributed by atoms with van der Waals surface area (Å²) < 4.78 is 5.34. The van der Waals surface area contributed by atoms with Gasteiger partial charge in [0, 0.05) is 0 Å². The molecule has 0 aliphatic heterocycles. The van der Waals surface area contributed by atoms with Crippen LogP contribution < -0.4 is 21.5 Å². The van der Waals surface area contributed by atoms with E-state index in [0.29, 0.717) is 6.61 Å². The van der Waals surface area contributed by atoms with E-state index in [0.717, 1.165) is 11.3 Å². The second-order valence-corrected chi connectivity index (χ2v) is 4.51. The van der Waals surface area contributed by atoms with Crippen LogP contribution in [-0.4, -0.2) is 24.5 Å². The predicted octanol–water partition coefficient (Wildman–Crippen LogP) is 0.465. The van der Waals surface area contributed by atoms with E-state index in [9.17, 15) is 9.59 Å². The quantitative estimate of drug-likeness (QED) is 0.674. The highest BCUT2D eigenvalue weighted by molar-refractivity contribution is 5.87. The SMILES string of the molecule is CCOc1ccc(C(C)NC(=O)C(N)CC(N)=O)cc1. The summed E-state index contributed by atoms with van der Waals surface area (Å²) in [5.74, 6) is -0.216. The van der Waals surface area contributed by atoms with Crippen molar-refractivity contribution in [2.75, 3.05) is 6.61 Å². The molecule has 1 rings (SSSR count). The summed E-state index contributed by atoms with van der Waals surface area (Å²) in [6, 6.07) is 6.29. The number of primary amides is 1. The van der Waals surface area contributed by atoms with Crippen LogP contribution in [0.2, 0.25) is 0 Å². The Morgan fingerprint density at radius 2 is 1.90 bits per heavy atom. The van der Waals surface area contributed by atoms with Crippen molar-refractivity contribution in [3.05, 3.63) is 29.8 Å². The van der Waals surface area contributed by atoms with E-state index < -0.39 is 17.9 Å². The summed E-state index contributed by atoms with van der Waals surface area (Å²) in [7, 11) is 0. The van der Waals surface area contributed by atoms with Gasteiger partial charge >= 0.3 is 0 Å². The van der Waals surface area contributed by atoms with Crippen molar-refractivity contribution < 1.29 is 14.3 Å². The molecular weight excluding hydrogens is 258 g/mol. The zero-order valence-electron chi connectivity index (χ0n) is 11.8. The molecule has 0 fully saturated rings. The highest BCUT2D eigenvalue weighted by Gasteiger charge is 2.18. The molecule has 0 spiro atoms. The van der Waals surface area contributed by atoms with E-state index in [-0.39, 0.29) is 12.5 Å². The van der Waals surface area contributed by atoms with Gasteiger partial charge in [-0.15, -0.1) is 0 Å². The molecule has 0 aliphatic carbocycles. The molecule has 0 heterocycles. The van der Waals surface area contributed by atoms with Gasteiger partial charge in [-0.3, -0.25) is 9.59 Å². The average molecular weight is 279 g/mol. The predicted molar refractivity (Wildman–Crippen MR) is 76.0 cm³/mol. The van der Waals surface area contributed by atoms with Gasteiger partial charge in [0.05, 0.1) is 25.1 Å². The Morgan fingerprint density at radius 3 is 2.40 bits per heavy atom. The molecule has 6 nitrogen and oxygen atoms in total. The topological polar surface area (TPSA) is 107 Å². The van der Waals surface area contributed by atoms with Gasteiger partial charge in [-0.2, -0.15) is 0 Å². The highest BCUT2D eigenvalue weighted by atomic mass is 16.5. The van der Waals surface area contributed by atoms with Gasteiger partial charge in [-0.1, -0.05) is 12.1 Å². The summed E-state index contributed by atoms with van der Waals surface area (Å²) in [5.41, 5.74) is 11.5. The van der Waals surface area contributed by atoms with E-state index in [2.05, 4.69) is 5.32 Å². The number of benzene rings is 1. The lowest BCUT2D eigenvalue weighted by Crippen LogP contribution is -2.43. The van der Waals surface area contributed by atoms with Crippen LogP contribution >= 0.6 is 0 Å². The average Bonchev–Trinajstić information content (AvgIpc) is 2.39. The second kappa shape index (κ2) is 7.49. The first kappa shape index (κ1) is 16.0. The van der Waals surface area contributed by atoms with Crippen molar-refractivity contribution in [2.45, 2.75) is 32.4 Å². The fourth-order valence-corrected chi connectivity index (χ4v) is 1.73. The summed E-state index contributed by atoms with van der Waals surface area (Å²) in [4.78, 5) is 22.5. The van der Waals surface area contributed by atoms with E-state index >= 15 is 0 Å². The molecule has 0 bridgehead atoms. The zero-order chi connectivity index (χ0) is 15.1. The van der Waals surface area contributed by atoms with Crippen LogP contribution in [0.5, 0.6) is 5.75 Å². The van der Waals surface area contributed by atoms with Crippen molar-refractivity contribution in [1.82, 2.24) is 5.32 Å². The number of hydrogen-bond acceptors (Lipinski definition) is 4. The summed E-state index contributed by atoms with van der Waals surface area (Å²) in [5, 5.41) is 2.74. The minimum absolute atomic E-state index is 0.165. The largest absolute Gasteiger partial charge is 0.494 e. The Hall–Kier alpha value is -2.08. The number of hydrogen-bond donors (Lipinski definition) is 3. The monoisotopic (exact) mass is 279 g/mol. The minimum Gasteiger partial charge on any atom is -0.494 e. The van der Waals surface area contributed by atoms with Gasteiger partial charge in [0.15, 0.2) is 0 Å². The molecule has 2 amide bonds. The Labute approximate surface area is 118 Å². The van der Waals surface area contributed by atoms with Crippen LogP contribution in [0.3, 0.4) is 0 Å². The van der Waals surface area contributed by atoms with Crippen molar-refractivity contribution in [2.24, 2.45) is 11.5 Å². The standard InChI is InChI=1S/C14H21N3O3/c1-3-20-11-6-4-10(5-7-11)9(2)17-14(19)12(15)8-13(16)18/h4-7,9,12H,3,8,15H2,1-2H3,(H2,16,18)(H,17,19). The molecular formula is C14H21N3O3. The maximum atomic E-state index is 11.8. The molecule has 1 aromatic rings. The Kier molecular flexibility index (Phi) is 5.99. The van der Waals surface area contributed by atoms with Crippen LogP contribution in [0.4, 0.5) is 0 Å². The molecule has 0 saturated carbocycles. The molecule has 6 heteroatoms. The molecule has 110 valence electrons. The first-order valence-electron chi connectivity index (χ1n) is 6.51. The number of nitrogens with two attached hydrogens (primary N) is 2. The summed E-state index contributed by atoms with van der Waals surface area (Å²) >= 11 is 0. The van der Waals surface area contributed by atoms with E-state index in [1.54, 1.807) is 0 Å². The summed E-state index contributed by atoms with van der Waals surface area (Å²) in [6.07, 6.45) is -0.165. The number of nitrogens with one attached hydrogen (secondary N) is 1. The molecule has 0 saturated heterocycles. The van der Waals surface area contributed by atoms with Crippen molar-refractivity contribution in [3.63, 3.8) is 0 Å².